The summed E-state index contributed by atoms with van der Waals surface area (Å²) in [5, 5.41) is 9.29. The molecule has 0 unspecified atom stereocenters. The van der Waals surface area contributed by atoms with E-state index >= 15 is 0 Å². The molecule has 2 heterocycles. The fourth-order valence-corrected chi connectivity index (χ4v) is 7.61. The zero-order valence-electron chi connectivity index (χ0n) is 24.8. The Morgan fingerprint density at radius 2 is 0.717 bits per heavy atom. The van der Waals surface area contributed by atoms with Gasteiger partial charge in [-0.2, -0.15) is 0 Å². The number of rotatable bonds is 3. The Labute approximate surface area is 264 Å². The van der Waals surface area contributed by atoms with Crippen molar-refractivity contribution in [3.05, 3.63) is 158 Å². The molecule has 0 N–H and O–H groups in total. The van der Waals surface area contributed by atoms with Crippen LogP contribution >= 0.6 is 0 Å². The van der Waals surface area contributed by atoms with Crippen molar-refractivity contribution in [2.75, 3.05) is 0 Å². The second-order valence-corrected chi connectivity index (χ2v) is 11.9. The van der Waals surface area contributed by atoms with Gasteiger partial charge < -0.3 is 8.83 Å². The van der Waals surface area contributed by atoms with Gasteiger partial charge in [-0.3, -0.25) is 0 Å². The second kappa shape index (κ2) is 9.69. The molecule has 8 aromatic carbocycles. The molecule has 0 fully saturated rings. The van der Waals surface area contributed by atoms with E-state index < -0.39 is 0 Å². The molecule has 0 saturated heterocycles. The van der Waals surface area contributed by atoms with Gasteiger partial charge in [-0.1, -0.05) is 133 Å². The largest absolute Gasteiger partial charge is 0.456 e. The molecule has 0 amide bonds. The van der Waals surface area contributed by atoms with Gasteiger partial charge in [-0.15, -0.1) is 0 Å². The van der Waals surface area contributed by atoms with Crippen molar-refractivity contribution < 1.29 is 8.83 Å². The summed E-state index contributed by atoms with van der Waals surface area (Å²) in [4.78, 5) is 0. The summed E-state index contributed by atoms with van der Waals surface area (Å²) in [7, 11) is 0. The van der Waals surface area contributed by atoms with Gasteiger partial charge in [0.05, 0.1) is 0 Å². The topological polar surface area (TPSA) is 26.3 Å². The van der Waals surface area contributed by atoms with Crippen molar-refractivity contribution in [3.8, 4) is 33.4 Å². The highest BCUT2D eigenvalue weighted by Gasteiger charge is 2.23. The molecule has 0 atom stereocenters. The quantitative estimate of drug-likeness (QED) is 0.193. The summed E-state index contributed by atoms with van der Waals surface area (Å²) in [6, 6.07) is 56.0. The maximum atomic E-state index is 6.58. The molecule has 2 nitrogen and oxygen atoms in total. The lowest BCUT2D eigenvalue weighted by Crippen LogP contribution is -1.93. The fraction of sp³-hybridized carbons (Fsp3) is 0. The minimum absolute atomic E-state index is 0.864. The molecule has 10 rings (SSSR count). The minimum Gasteiger partial charge on any atom is -0.456 e. The highest BCUT2D eigenvalue weighted by Crippen LogP contribution is 2.49. The van der Waals surface area contributed by atoms with Crippen LogP contribution in [0.1, 0.15) is 0 Å². The second-order valence-electron chi connectivity index (χ2n) is 11.9. The zero-order valence-corrected chi connectivity index (χ0v) is 24.8. The summed E-state index contributed by atoms with van der Waals surface area (Å²) in [5.41, 5.74) is 10.8. The molecule has 2 aromatic heterocycles. The molecule has 46 heavy (non-hydrogen) atoms. The third-order valence-corrected chi connectivity index (χ3v) is 9.48. The highest BCUT2D eigenvalue weighted by molar-refractivity contribution is 6.31. The number of para-hydroxylation sites is 1. The van der Waals surface area contributed by atoms with Crippen LogP contribution in [0.2, 0.25) is 0 Å². The van der Waals surface area contributed by atoms with Gasteiger partial charge in [0.2, 0.25) is 0 Å². The fourth-order valence-electron chi connectivity index (χ4n) is 7.61. The van der Waals surface area contributed by atoms with E-state index in [2.05, 4.69) is 133 Å². The van der Waals surface area contributed by atoms with E-state index in [-0.39, 0.29) is 0 Å². The van der Waals surface area contributed by atoms with E-state index in [9.17, 15) is 0 Å². The third-order valence-electron chi connectivity index (χ3n) is 9.48. The molecule has 0 aliphatic carbocycles. The van der Waals surface area contributed by atoms with Crippen molar-refractivity contribution in [1.29, 1.82) is 0 Å². The Morgan fingerprint density at radius 3 is 1.41 bits per heavy atom. The first-order valence-corrected chi connectivity index (χ1v) is 15.7. The van der Waals surface area contributed by atoms with Gasteiger partial charge in [-0.25, -0.2) is 0 Å². The van der Waals surface area contributed by atoms with Gasteiger partial charge in [-0.05, 0) is 79.2 Å². The maximum Gasteiger partial charge on any atom is 0.136 e. The highest BCUT2D eigenvalue weighted by atomic mass is 16.3. The predicted octanol–water partition coefficient (Wildman–Crippen LogP) is 12.8. The van der Waals surface area contributed by atoms with Crippen molar-refractivity contribution in [3.63, 3.8) is 0 Å². The average Bonchev–Trinajstić information content (AvgIpc) is 3.69. The van der Waals surface area contributed by atoms with E-state index in [1.54, 1.807) is 0 Å². The molecule has 0 radical (unpaired) electrons. The zero-order chi connectivity index (χ0) is 30.2. The van der Waals surface area contributed by atoms with Gasteiger partial charge in [0, 0.05) is 21.5 Å². The van der Waals surface area contributed by atoms with Gasteiger partial charge in [0.25, 0.3) is 0 Å². The summed E-state index contributed by atoms with van der Waals surface area (Å²) in [6.45, 7) is 0. The lowest BCUT2D eigenvalue weighted by atomic mass is 9.83. The third kappa shape index (κ3) is 3.53. The molecule has 0 bridgehead atoms. The van der Waals surface area contributed by atoms with Gasteiger partial charge in [0.15, 0.2) is 0 Å². The lowest BCUT2D eigenvalue weighted by Gasteiger charge is -2.20. The molecule has 2 heteroatoms. The Hall–Kier alpha value is -6.12. The molecule has 214 valence electrons. The number of furan rings is 2. The van der Waals surface area contributed by atoms with Crippen LogP contribution in [0, 0.1) is 0 Å². The molecule has 0 saturated carbocycles. The molecular formula is C44H26O2. The van der Waals surface area contributed by atoms with Gasteiger partial charge >= 0.3 is 0 Å². The Bertz CT molecular complexity index is 2740. The smallest absolute Gasteiger partial charge is 0.136 e. The van der Waals surface area contributed by atoms with Crippen LogP contribution < -0.4 is 0 Å². The monoisotopic (exact) mass is 586 g/mol. The van der Waals surface area contributed by atoms with E-state index in [1.807, 2.05) is 24.3 Å². The van der Waals surface area contributed by atoms with Crippen LogP contribution in [0.25, 0.3) is 98.8 Å². The van der Waals surface area contributed by atoms with Crippen molar-refractivity contribution in [2.24, 2.45) is 0 Å². The molecule has 0 aliphatic rings. The molecular weight excluding hydrogens is 560 g/mol. The SMILES string of the molecule is c1ccc(-c2ccccc2-c2c3ccccc3c(-c3cccc4oc5ccc6oc7ccccc7c6c5c34)c3ccccc23)cc1. The van der Waals surface area contributed by atoms with Crippen LogP contribution in [0.15, 0.2) is 167 Å². The normalized spacial score (nSPS) is 11.9. The predicted molar refractivity (Wildman–Crippen MR) is 192 cm³/mol. The first-order valence-electron chi connectivity index (χ1n) is 15.7. The minimum atomic E-state index is 0.864. The van der Waals surface area contributed by atoms with Crippen molar-refractivity contribution in [1.82, 2.24) is 0 Å². The van der Waals surface area contributed by atoms with E-state index in [1.165, 1.54) is 49.4 Å². The van der Waals surface area contributed by atoms with E-state index in [0.29, 0.717) is 0 Å². The Balaban J connectivity index is 1.38. The Morgan fingerprint density at radius 1 is 0.261 bits per heavy atom. The molecule has 10 aromatic rings. The number of hydrogen-bond acceptors (Lipinski definition) is 2. The van der Waals surface area contributed by atoms with Crippen LogP contribution in [0.4, 0.5) is 0 Å². The van der Waals surface area contributed by atoms with Crippen LogP contribution in [0.3, 0.4) is 0 Å². The lowest BCUT2D eigenvalue weighted by molar-refractivity contribution is 0.663. The average molecular weight is 587 g/mol. The summed E-state index contributed by atoms with van der Waals surface area (Å²) < 4.78 is 12.9. The number of hydrogen-bond donors (Lipinski definition) is 0. The first kappa shape index (κ1) is 25.2. The number of fused-ring (bicyclic) bond motifs is 9. The Kier molecular flexibility index (Phi) is 5.31. The summed E-state index contributed by atoms with van der Waals surface area (Å²) in [6.07, 6.45) is 0. The van der Waals surface area contributed by atoms with Crippen molar-refractivity contribution >= 4 is 65.4 Å². The van der Waals surface area contributed by atoms with Gasteiger partial charge in [0.1, 0.15) is 22.3 Å². The van der Waals surface area contributed by atoms with Crippen LogP contribution in [-0.4, -0.2) is 0 Å². The van der Waals surface area contributed by atoms with Crippen LogP contribution in [0.5, 0.6) is 0 Å². The maximum absolute atomic E-state index is 6.58. The molecule has 0 spiro atoms. The molecule has 0 aliphatic heterocycles. The first-order chi connectivity index (χ1) is 22.8. The van der Waals surface area contributed by atoms with Crippen molar-refractivity contribution in [2.45, 2.75) is 0 Å². The van der Waals surface area contributed by atoms with Crippen LogP contribution in [-0.2, 0) is 0 Å². The summed E-state index contributed by atoms with van der Waals surface area (Å²) in [5.74, 6) is 0. The number of benzene rings is 8. The van der Waals surface area contributed by atoms with E-state index in [0.717, 1.165) is 49.4 Å². The van der Waals surface area contributed by atoms with E-state index in [4.69, 9.17) is 8.83 Å². The standard InChI is InChI=1S/C44H26O2/c1-2-13-27(14-3-1)28-15-4-5-16-29(28)40-30-17-6-8-19-32(30)41(33-20-9-7-18-31(33)40)35-22-12-24-37-43(35)44-39(46-37)26-25-38-42(44)34-21-10-11-23-36(34)45-38/h1-26H. The summed E-state index contributed by atoms with van der Waals surface area (Å²) >= 11 is 0.